The fraction of sp³-hybridized carbons (Fsp3) is 0.571. The number of carboxylic acids is 1. The van der Waals surface area contributed by atoms with Crippen molar-refractivity contribution in [2.75, 3.05) is 13.2 Å². The lowest BCUT2D eigenvalue weighted by atomic mass is 9.92. The third-order valence-corrected chi connectivity index (χ3v) is 5.58. The first-order valence-corrected chi connectivity index (χ1v) is 9.96. The lowest BCUT2D eigenvalue weighted by Crippen LogP contribution is -2.27. The van der Waals surface area contributed by atoms with Crippen molar-refractivity contribution < 1.29 is 24.9 Å². The number of ether oxygens (including phenoxy) is 1. The van der Waals surface area contributed by atoms with Crippen molar-refractivity contribution in [1.29, 1.82) is 0 Å². The molecule has 0 unspecified atom stereocenters. The molecule has 4 atom stereocenters. The van der Waals surface area contributed by atoms with Crippen LogP contribution in [0, 0.1) is 11.8 Å². The van der Waals surface area contributed by atoms with Gasteiger partial charge in [0.05, 0.1) is 12.7 Å². The molecular weight excluding hydrogens is 368 g/mol. The number of unbranched alkanes of at least 4 members (excludes halogenated alkanes) is 1. The van der Waals surface area contributed by atoms with Gasteiger partial charge in [-0.2, -0.15) is 0 Å². The summed E-state index contributed by atoms with van der Waals surface area (Å²) in [6.45, 7) is 0.526. The van der Waals surface area contributed by atoms with E-state index in [9.17, 15) is 9.90 Å². The fourth-order valence-electron chi connectivity index (χ4n) is 3.51. The van der Waals surface area contributed by atoms with Gasteiger partial charge in [0, 0.05) is 24.3 Å². The Morgan fingerprint density at radius 2 is 1.96 bits per heavy atom. The molecule has 1 aromatic carbocycles. The molecule has 0 bridgehead atoms. The van der Waals surface area contributed by atoms with E-state index in [2.05, 4.69) is 0 Å². The van der Waals surface area contributed by atoms with Crippen molar-refractivity contribution in [1.82, 2.24) is 0 Å². The van der Waals surface area contributed by atoms with E-state index in [0.717, 1.165) is 24.2 Å². The Labute approximate surface area is 165 Å². The largest absolute Gasteiger partial charge is 0.493 e. The summed E-state index contributed by atoms with van der Waals surface area (Å²) in [7, 11) is 0. The molecule has 0 aromatic heterocycles. The van der Waals surface area contributed by atoms with E-state index < -0.39 is 12.1 Å². The minimum atomic E-state index is -0.773. The lowest BCUT2D eigenvalue weighted by molar-refractivity contribution is -0.137. The van der Waals surface area contributed by atoms with Crippen molar-refractivity contribution in [3.8, 4) is 5.75 Å². The molecule has 1 saturated carbocycles. The Bertz CT molecular complexity index is 601. The van der Waals surface area contributed by atoms with Crippen LogP contribution < -0.4 is 4.74 Å². The number of carboxylic acid groups (broad SMARTS) is 1. The molecule has 2 rings (SSSR count). The first kappa shape index (κ1) is 21.7. The van der Waals surface area contributed by atoms with Gasteiger partial charge >= 0.3 is 5.97 Å². The first-order chi connectivity index (χ1) is 13.0. The van der Waals surface area contributed by atoms with E-state index in [1.54, 1.807) is 0 Å². The molecule has 6 heteroatoms. The van der Waals surface area contributed by atoms with Gasteiger partial charge in [-0.05, 0) is 55.7 Å². The number of hydrogen-bond donors (Lipinski definition) is 3. The molecule has 0 amide bonds. The van der Waals surface area contributed by atoms with E-state index in [-0.39, 0.29) is 30.2 Å². The summed E-state index contributed by atoms with van der Waals surface area (Å²) in [5.74, 6) is 0.0639. The van der Waals surface area contributed by atoms with E-state index >= 15 is 0 Å². The summed E-state index contributed by atoms with van der Waals surface area (Å²) in [4.78, 5) is 10.5. The van der Waals surface area contributed by atoms with Crippen molar-refractivity contribution in [3.05, 3.63) is 42.0 Å². The molecule has 0 radical (unpaired) electrons. The van der Waals surface area contributed by atoms with Crippen LogP contribution in [0.1, 0.15) is 37.7 Å². The van der Waals surface area contributed by atoms with E-state index in [1.807, 2.05) is 36.4 Å². The summed E-state index contributed by atoms with van der Waals surface area (Å²) in [5.41, 5.74) is 1.05. The zero-order chi connectivity index (χ0) is 19.6. The summed E-state index contributed by atoms with van der Waals surface area (Å²) in [6, 6.07) is 7.61. The molecule has 150 valence electrons. The SMILES string of the molecule is O=C(O)CCC/C=C\C[C@@H]1[C@@H](COc2ccc(CCO)cc2)[C@H](O)C[C@H]1Cl. The molecule has 0 saturated heterocycles. The highest BCUT2D eigenvalue weighted by Crippen LogP contribution is 2.39. The van der Waals surface area contributed by atoms with E-state index in [4.69, 9.17) is 26.6 Å². The maximum absolute atomic E-state index is 10.5. The van der Waals surface area contributed by atoms with Crippen LogP contribution in [0.3, 0.4) is 0 Å². The number of aliphatic hydroxyl groups excluding tert-OH is 2. The number of carbonyl (C=O) groups is 1. The van der Waals surface area contributed by atoms with Crippen LogP contribution in [0.5, 0.6) is 5.75 Å². The van der Waals surface area contributed by atoms with Crippen molar-refractivity contribution in [3.63, 3.8) is 0 Å². The van der Waals surface area contributed by atoms with Gasteiger partial charge in [-0.1, -0.05) is 24.3 Å². The smallest absolute Gasteiger partial charge is 0.303 e. The van der Waals surface area contributed by atoms with Gasteiger partial charge in [0.2, 0.25) is 0 Å². The molecule has 1 aromatic rings. The van der Waals surface area contributed by atoms with Gasteiger partial charge in [0.25, 0.3) is 0 Å². The van der Waals surface area contributed by atoms with Crippen LogP contribution in [-0.4, -0.2) is 46.0 Å². The van der Waals surface area contributed by atoms with Gasteiger partial charge in [-0.15, -0.1) is 11.6 Å². The molecule has 0 heterocycles. The number of rotatable bonds is 11. The zero-order valence-electron chi connectivity index (χ0n) is 15.5. The minimum absolute atomic E-state index is 0.0340. The highest BCUT2D eigenvalue weighted by atomic mass is 35.5. The molecule has 27 heavy (non-hydrogen) atoms. The number of aliphatic hydroxyl groups is 2. The lowest BCUT2D eigenvalue weighted by Gasteiger charge is -2.22. The van der Waals surface area contributed by atoms with Gasteiger partial charge in [-0.25, -0.2) is 0 Å². The molecule has 3 N–H and O–H groups in total. The standard InChI is InChI=1S/C21H29ClO5/c22-19-13-20(24)18(17(19)5-3-1-2-4-6-21(25)26)14-27-16-9-7-15(8-10-16)11-12-23/h1,3,7-10,17-20,23-24H,2,4-6,11-14H2,(H,25,26)/b3-1-/t17-,18-,19-,20-/m1/s1. The van der Waals surface area contributed by atoms with Crippen LogP contribution in [0.15, 0.2) is 36.4 Å². The normalized spacial score (nSPS) is 25.1. The molecule has 1 aliphatic rings. The summed E-state index contributed by atoms with van der Waals surface area (Å²) >= 11 is 6.44. The maximum atomic E-state index is 10.5. The molecule has 5 nitrogen and oxygen atoms in total. The Hall–Kier alpha value is -1.56. The predicted molar refractivity (Wildman–Crippen MR) is 105 cm³/mol. The van der Waals surface area contributed by atoms with Gasteiger partial charge in [0.15, 0.2) is 0 Å². The molecule has 1 aliphatic carbocycles. The minimum Gasteiger partial charge on any atom is -0.493 e. The number of alkyl halides is 1. The third kappa shape index (κ3) is 7.17. The average molecular weight is 397 g/mol. The monoisotopic (exact) mass is 396 g/mol. The van der Waals surface area contributed by atoms with Gasteiger partial charge in [0.1, 0.15) is 5.75 Å². The van der Waals surface area contributed by atoms with Crippen LogP contribution in [-0.2, 0) is 11.2 Å². The molecule has 0 spiro atoms. The van der Waals surface area contributed by atoms with E-state index in [1.165, 1.54) is 0 Å². The maximum Gasteiger partial charge on any atom is 0.303 e. The summed E-state index contributed by atoms with van der Waals surface area (Å²) in [6.07, 6.45) is 7.02. The highest BCUT2D eigenvalue weighted by molar-refractivity contribution is 6.21. The second-order valence-electron chi connectivity index (χ2n) is 7.07. The summed E-state index contributed by atoms with van der Waals surface area (Å²) in [5, 5.41) is 27.8. The number of halogens is 1. The number of hydrogen-bond acceptors (Lipinski definition) is 4. The third-order valence-electron chi connectivity index (χ3n) is 5.08. The molecule has 1 fully saturated rings. The Morgan fingerprint density at radius 3 is 2.63 bits per heavy atom. The van der Waals surface area contributed by atoms with Crippen molar-refractivity contribution in [2.24, 2.45) is 11.8 Å². The Balaban J connectivity index is 1.83. The number of aliphatic carboxylic acids is 1. The van der Waals surface area contributed by atoms with Crippen molar-refractivity contribution >= 4 is 17.6 Å². The van der Waals surface area contributed by atoms with Crippen LogP contribution in [0.25, 0.3) is 0 Å². The predicted octanol–water partition coefficient (Wildman–Crippen LogP) is 3.41. The first-order valence-electron chi connectivity index (χ1n) is 9.52. The summed E-state index contributed by atoms with van der Waals surface area (Å²) < 4.78 is 5.87. The van der Waals surface area contributed by atoms with Crippen LogP contribution in [0.2, 0.25) is 0 Å². The second kappa shape index (κ2) is 11.3. The quantitative estimate of drug-likeness (QED) is 0.303. The van der Waals surface area contributed by atoms with Gasteiger partial charge in [-0.3, -0.25) is 4.79 Å². The topological polar surface area (TPSA) is 87.0 Å². The number of allylic oxidation sites excluding steroid dienone is 2. The highest BCUT2D eigenvalue weighted by Gasteiger charge is 2.41. The van der Waals surface area contributed by atoms with Crippen LogP contribution >= 0.6 is 11.6 Å². The zero-order valence-corrected chi connectivity index (χ0v) is 16.2. The van der Waals surface area contributed by atoms with Gasteiger partial charge < -0.3 is 20.1 Å². The molecular formula is C21H29ClO5. The molecule has 0 aliphatic heterocycles. The van der Waals surface area contributed by atoms with Crippen LogP contribution in [0.4, 0.5) is 0 Å². The van der Waals surface area contributed by atoms with Crippen molar-refractivity contribution in [2.45, 2.75) is 50.0 Å². The number of benzene rings is 1. The van der Waals surface area contributed by atoms with E-state index in [0.29, 0.717) is 25.9 Å². The Kier molecular flexibility index (Phi) is 9.11. The second-order valence-corrected chi connectivity index (χ2v) is 7.63. The Morgan fingerprint density at radius 1 is 1.22 bits per heavy atom. The average Bonchev–Trinajstić information content (AvgIpc) is 2.90. The fourth-order valence-corrected chi connectivity index (χ4v) is 3.98.